The van der Waals surface area contributed by atoms with E-state index < -0.39 is 6.61 Å². The van der Waals surface area contributed by atoms with E-state index in [1.165, 1.54) is 10.7 Å². The van der Waals surface area contributed by atoms with Gasteiger partial charge in [0.2, 0.25) is 11.8 Å². The van der Waals surface area contributed by atoms with Gasteiger partial charge in [-0.05, 0) is 68.8 Å². The summed E-state index contributed by atoms with van der Waals surface area (Å²) in [4.78, 5) is 21.3. The molecule has 3 atom stereocenters. The van der Waals surface area contributed by atoms with Crippen molar-refractivity contribution in [2.45, 2.75) is 82.3 Å². The van der Waals surface area contributed by atoms with Gasteiger partial charge in [0.15, 0.2) is 0 Å². The monoisotopic (exact) mass is 496 g/mol. The molecule has 192 valence electrons. The van der Waals surface area contributed by atoms with Crippen molar-refractivity contribution in [2.75, 3.05) is 19.7 Å². The standard InChI is InChI=1S/C26H33FN6O3/c1-15(2)23-20-4-3-5-21(27)24(20)33(29-23)26-28-25(36-30-26)16-8-10-31(11-9-16)19-12-17-6-7-18(13-19)32(17)22(35)14-34/h3-5,15-19,34H,6-14H2,1-2H3/t17-,18+,19?. The Hall–Kier alpha value is -2.85. The van der Waals surface area contributed by atoms with Crippen LogP contribution < -0.4 is 0 Å². The van der Waals surface area contributed by atoms with Gasteiger partial charge in [0.05, 0.1) is 5.69 Å². The molecule has 9 nitrogen and oxygen atoms in total. The van der Waals surface area contributed by atoms with E-state index in [0.717, 1.165) is 62.7 Å². The Morgan fingerprint density at radius 1 is 1.14 bits per heavy atom. The van der Waals surface area contributed by atoms with Crippen LogP contribution in [0.5, 0.6) is 0 Å². The Labute approximate surface area is 209 Å². The third-order valence-corrected chi connectivity index (χ3v) is 8.38. The fourth-order valence-corrected chi connectivity index (χ4v) is 6.65. The number of piperidine rings is 2. The van der Waals surface area contributed by atoms with Crippen LogP contribution in [-0.4, -0.2) is 78.6 Å². The van der Waals surface area contributed by atoms with Gasteiger partial charge in [-0.15, -0.1) is 0 Å². The summed E-state index contributed by atoms with van der Waals surface area (Å²) in [6.07, 6.45) is 5.86. The van der Waals surface area contributed by atoms with Crippen molar-refractivity contribution < 1.29 is 18.8 Å². The summed E-state index contributed by atoms with van der Waals surface area (Å²) >= 11 is 0. The van der Waals surface area contributed by atoms with Gasteiger partial charge in [-0.25, -0.2) is 4.39 Å². The Kier molecular flexibility index (Phi) is 6.03. The molecule has 3 fully saturated rings. The predicted octanol–water partition coefficient (Wildman–Crippen LogP) is 3.36. The zero-order valence-electron chi connectivity index (χ0n) is 20.8. The van der Waals surface area contributed by atoms with Crippen LogP contribution in [0, 0.1) is 5.82 Å². The van der Waals surface area contributed by atoms with E-state index in [1.807, 2.05) is 24.8 Å². The molecule has 2 bridgehead atoms. The van der Waals surface area contributed by atoms with Gasteiger partial charge in [0.25, 0.3) is 5.95 Å². The van der Waals surface area contributed by atoms with Crippen molar-refractivity contribution in [2.24, 2.45) is 0 Å². The van der Waals surface area contributed by atoms with Gasteiger partial charge in [0.1, 0.15) is 17.9 Å². The fourth-order valence-electron chi connectivity index (χ4n) is 6.65. The van der Waals surface area contributed by atoms with Crippen LogP contribution in [0.4, 0.5) is 4.39 Å². The fraction of sp³-hybridized carbons (Fsp3) is 0.615. The lowest BCUT2D eigenvalue weighted by molar-refractivity contribution is -0.139. The highest BCUT2D eigenvalue weighted by Gasteiger charge is 2.45. The van der Waals surface area contributed by atoms with Crippen molar-refractivity contribution in [1.82, 2.24) is 29.7 Å². The number of fused-ring (bicyclic) bond motifs is 3. The summed E-state index contributed by atoms with van der Waals surface area (Å²) in [5, 5.41) is 18.9. The number of para-hydroxylation sites is 1. The third-order valence-electron chi connectivity index (χ3n) is 8.38. The van der Waals surface area contributed by atoms with E-state index in [2.05, 4.69) is 20.1 Å². The van der Waals surface area contributed by atoms with Crippen LogP contribution in [0.2, 0.25) is 0 Å². The van der Waals surface area contributed by atoms with Crippen LogP contribution in [0.3, 0.4) is 0 Å². The first-order valence-corrected chi connectivity index (χ1v) is 13.1. The first-order valence-electron chi connectivity index (χ1n) is 13.1. The minimum atomic E-state index is -0.394. The number of amides is 1. The van der Waals surface area contributed by atoms with Gasteiger partial charge in [-0.1, -0.05) is 26.0 Å². The van der Waals surface area contributed by atoms with E-state index in [4.69, 9.17) is 4.52 Å². The van der Waals surface area contributed by atoms with E-state index in [1.54, 1.807) is 6.07 Å². The number of hydrogen-bond donors (Lipinski definition) is 1. The van der Waals surface area contributed by atoms with Crippen molar-refractivity contribution in [3.63, 3.8) is 0 Å². The molecular formula is C26H33FN6O3. The lowest BCUT2D eigenvalue weighted by Crippen LogP contribution is -2.54. The zero-order valence-corrected chi connectivity index (χ0v) is 20.8. The molecule has 10 heteroatoms. The predicted molar refractivity (Wildman–Crippen MR) is 130 cm³/mol. The van der Waals surface area contributed by atoms with Crippen molar-refractivity contribution in [1.29, 1.82) is 0 Å². The Morgan fingerprint density at radius 3 is 2.53 bits per heavy atom. The minimum Gasteiger partial charge on any atom is -0.387 e. The summed E-state index contributed by atoms with van der Waals surface area (Å²) in [6.45, 7) is 5.56. The Morgan fingerprint density at radius 2 is 1.86 bits per heavy atom. The normalized spacial score (nSPS) is 25.4. The molecular weight excluding hydrogens is 463 g/mol. The molecule has 2 aromatic heterocycles. The molecule has 3 aliphatic heterocycles. The second kappa shape index (κ2) is 9.23. The number of nitrogens with zero attached hydrogens (tertiary/aromatic N) is 6. The second-order valence-electron chi connectivity index (χ2n) is 10.8. The van der Waals surface area contributed by atoms with Crippen LogP contribution in [0.1, 0.15) is 75.8 Å². The molecule has 0 aliphatic carbocycles. The average molecular weight is 497 g/mol. The van der Waals surface area contributed by atoms with Crippen molar-refractivity contribution in [3.8, 4) is 5.95 Å². The summed E-state index contributed by atoms with van der Waals surface area (Å²) in [6, 6.07) is 5.99. The number of carbonyl (C=O) groups is 1. The number of carbonyl (C=O) groups excluding carboxylic acids is 1. The third kappa shape index (κ3) is 3.91. The average Bonchev–Trinajstić information content (AvgIpc) is 3.58. The van der Waals surface area contributed by atoms with E-state index in [-0.39, 0.29) is 41.6 Å². The van der Waals surface area contributed by atoms with Crippen LogP contribution in [0.15, 0.2) is 22.7 Å². The van der Waals surface area contributed by atoms with Crippen molar-refractivity contribution in [3.05, 3.63) is 35.6 Å². The van der Waals surface area contributed by atoms with E-state index >= 15 is 0 Å². The highest BCUT2D eigenvalue weighted by molar-refractivity contribution is 5.84. The number of rotatable bonds is 5. The molecule has 36 heavy (non-hydrogen) atoms. The first kappa shape index (κ1) is 23.5. The molecule has 1 unspecified atom stereocenters. The largest absolute Gasteiger partial charge is 0.387 e. The van der Waals surface area contributed by atoms with Gasteiger partial charge >= 0.3 is 0 Å². The summed E-state index contributed by atoms with van der Waals surface area (Å²) in [7, 11) is 0. The molecule has 3 aromatic rings. The number of aromatic nitrogens is 4. The summed E-state index contributed by atoms with van der Waals surface area (Å²) < 4.78 is 21.9. The molecule has 5 heterocycles. The molecule has 1 aromatic carbocycles. The van der Waals surface area contributed by atoms with Crippen LogP contribution in [0.25, 0.3) is 16.9 Å². The maximum atomic E-state index is 14.8. The zero-order chi connectivity index (χ0) is 25.0. The molecule has 1 amide bonds. The lowest BCUT2D eigenvalue weighted by atomic mass is 9.91. The van der Waals surface area contributed by atoms with E-state index in [0.29, 0.717) is 17.4 Å². The minimum absolute atomic E-state index is 0.128. The molecule has 0 radical (unpaired) electrons. The van der Waals surface area contributed by atoms with E-state index in [9.17, 15) is 14.3 Å². The molecule has 3 saturated heterocycles. The molecule has 6 rings (SSSR count). The lowest BCUT2D eigenvalue weighted by Gasteiger charge is -2.45. The number of aliphatic hydroxyl groups is 1. The molecule has 1 N–H and O–H groups in total. The number of likely N-dealkylation sites (tertiary alicyclic amines) is 1. The van der Waals surface area contributed by atoms with Gasteiger partial charge in [0, 0.05) is 29.4 Å². The number of benzene rings is 1. The Balaban J connectivity index is 1.14. The highest BCUT2D eigenvalue weighted by atomic mass is 19.1. The quantitative estimate of drug-likeness (QED) is 0.578. The maximum absolute atomic E-state index is 14.8. The van der Waals surface area contributed by atoms with Crippen LogP contribution >= 0.6 is 0 Å². The van der Waals surface area contributed by atoms with Crippen molar-refractivity contribution >= 4 is 16.8 Å². The summed E-state index contributed by atoms with van der Waals surface area (Å²) in [5.74, 6) is 0.664. The molecule has 3 aliphatic rings. The second-order valence-corrected chi connectivity index (χ2v) is 10.8. The van der Waals surface area contributed by atoms with Gasteiger partial charge in [-0.2, -0.15) is 14.8 Å². The maximum Gasteiger partial charge on any atom is 0.291 e. The molecule has 0 spiro atoms. The SMILES string of the molecule is CC(C)c1nn(-c2noc(C3CCN(C4C[C@H]5CC[C@@H](C4)N5C(=O)CO)CC3)n2)c2c(F)cccc12. The molecule has 0 saturated carbocycles. The highest BCUT2D eigenvalue weighted by Crippen LogP contribution is 2.39. The Bertz CT molecular complexity index is 1250. The number of halogens is 1. The smallest absolute Gasteiger partial charge is 0.291 e. The summed E-state index contributed by atoms with van der Waals surface area (Å²) in [5.41, 5.74) is 1.19. The first-order chi connectivity index (χ1) is 17.4. The number of hydrogen-bond acceptors (Lipinski definition) is 7. The number of aliphatic hydroxyl groups excluding tert-OH is 1. The van der Waals surface area contributed by atoms with Gasteiger partial charge < -0.3 is 19.4 Å². The topological polar surface area (TPSA) is 101 Å². The van der Waals surface area contributed by atoms with Gasteiger partial charge in [-0.3, -0.25) is 4.79 Å². The van der Waals surface area contributed by atoms with Crippen LogP contribution in [-0.2, 0) is 4.79 Å².